The molecule has 0 spiro atoms. The van der Waals surface area contributed by atoms with Crippen LogP contribution in [0.3, 0.4) is 0 Å². The third kappa shape index (κ3) is 6.06. The highest BCUT2D eigenvalue weighted by Gasteiger charge is 2.33. The second kappa shape index (κ2) is 10.4. The summed E-state index contributed by atoms with van der Waals surface area (Å²) >= 11 is 1.76. The molecule has 2 heterocycles. The zero-order valence-corrected chi connectivity index (χ0v) is 19.3. The Kier molecular flexibility index (Phi) is 7.92. The van der Waals surface area contributed by atoms with E-state index in [1.54, 1.807) is 18.3 Å². The van der Waals surface area contributed by atoms with Crippen LogP contribution in [0.1, 0.15) is 42.8 Å². The quantitative estimate of drug-likeness (QED) is 0.656. The normalized spacial score (nSPS) is 17.3. The molecule has 0 unspecified atom stereocenters. The first kappa shape index (κ1) is 22.8. The first-order valence-electron chi connectivity index (χ1n) is 10.8. The number of thiophene rings is 1. The zero-order valence-electron chi connectivity index (χ0n) is 18.5. The number of carbonyl (C=O) groups excluding carboxylic acids is 1. The highest BCUT2D eigenvalue weighted by atomic mass is 32.1. The molecule has 164 valence electrons. The van der Waals surface area contributed by atoms with E-state index in [0.717, 1.165) is 18.7 Å². The van der Waals surface area contributed by atoms with Crippen LogP contribution in [-0.2, 0) is 11.2 Å². The number of hydrogen-bond donors (Lipinski definition) is 1. The molecule has 3 rings (SSSR count). The molecule has 0 saturated carbocycles. The van der Waals surface area contributed by atoms with Crippen molar-refractivity contribution in [3.8, 4) is 5.75 Å². The predicted molar refractivity (Wildman–Crippen MR) is 122 cm³/mol. The highest BCUT2D eigenvalue weighted by molar-refractivity contribution is 7.10. The molecule has 1 aliphatic rings. The molecule has 6 heteroatoms. The maximum absolute atomic E-state index is 13.3. The number of aliphatic hydroxyl groups excluding tert-OH is 1. The molecule has 1 N–H and O–H groups in total. The first-order chi connectivity index (χ1) is 14.3. The molecular formula is C24H34N2O3S. The van der Waals surface area contributed by atoms with Crippen molar-refractivity contribution in [3.63, 3.8) is 0 Å². The lowest BCUT2D eigenvalue weighted by Crippen LogP contribution is -2.48. The number of rotatable bonds is 9. The zero-order chi connectivity index (χ0) is 21.7. The van der Waals surface area contributed by atoms with Crippen LogP contribution in [0, 0.1) is 12.8 Å². The van der Waals surface area contributed by atoms with Gasteiger partial charge in [0, 0.05) is 24.5 Å². The second-order valence-corrected chi connectivity index (χ2v) is 9.71. The maximum Gasteiger partial charge on any atom is 0.237 e. The Bertz CT molecular complexity index is 806. The van der Waals surface area contributed by atoms with Gasteiger partial charge in [-0.05, 0) is 55.3 Å². The summed E-state index contributed by atoms with van der Waals surface area (Å²) in [6.07, 6.45) is 0.433. The number of amides is 1. The summed E-state index contributed by atoms with van der Waals surface area (Å²) in [5.41, 5.74) is 2.40. The van der Waals surface area contributed by atoms with Gasteiger partial charge in [0.2, 0.25) is 5.91 Å². The van der Waals surface area contributed by atoms with E-state index in [1.165, 1.54) is 16.0 Å². The standard InChI is InChI=1S/C24H34N2O3S/c1-17(2)13-25(14-19(4)27)15-24(28)26-11-9-23-21(10-12-30-23)22(26)16-29-20-7-5-18(3)6-8-20/h5-8,10,12,17,19,22,27H,9,11,13-16H2,1-4H3/t19-,22+/m1/s1. The molecule has 2 aromatic rings. The number of hydrogen-bond acceptors (Lipinski definition) is 5. The molecule has 5 nitrogen and oxygen atoms in total. The summed E-state index contributed by atoms with van der Waals surface area (Å²) in [5.74, 6) is 1.36. The Hall–Kier alpha value is -1.89. The van der Waals surface area contributed by atoms with Gasteiger partial charge >= 0.3 is 0 Å². The monoisotopic (exact) mass is 430 g/mol. The van der Waals surface area contributed by atoms with Crippen molar-refractivity contribution in [2.24, 2.45) is 5.92 Å². The number of aliphatic hydroxyl groups is 1. The molecule has 0 aliphatic carbocycles. The number of aryl methyl sites for hydroxylation is 1. The van der Waals surface area contributed by atoms with Gasteiger partial charge in [-0.15, -0.1) is 11.3 Å². The maximum atomic E-state index is 13.3. The van der Waals surface area contributed by atoms with Crippen molar-refractivity contribution in [1.82, 2.24) is 9.80 Å². The highest BCUT2D eigenvalue weighted by Crippen LogP contribution is 2.34. The SMILES string of the molecule is Cc1ccc(OC[C@H]2c3ccsc3CCN2C(=O)CN(CC(C)C)C[C@@H](C)O)cc1. The number of ether oxygens (including phenoxy) is 1. The lowest BCUT2D eigenvalue weighted by molar-refractivity contribution is -0.136. The average Bonchev–Trinajstić information content (AvgIpc) is 3.15. The van der Waals surface area contributed by atoms with E-state index >= 15 is 0 Å². The van der Waals surface area contributed by atoms with Crippen molar-refractivity contribution in [3.05, 3.63) is 51.7 Å². The lowest BCUT2D eigenvalue weighted by atomic mass is 10.00. The Balaban J connectivity index is 1.73. The molecule has 0 fully saturated rings. The molecule has 1 aliphatic heterocycles. The van der Waals surface area contributed by atoms with E-state index in [2.05, 4.69) is 37.1 Å². The number of fused-ring (bicyclic) bond motifs is 1. The minimum atomic E-state index is -0.456. The third-order valence-corrected chi connectivity index (χ3v) is 6.35. The molecule has 1 aromatic heterocycles. The van der Waals surface area contributed by atoms with Gasteiger partial charge in [0.1, 0.15) is 12.4 Å². The summed E-state index contributed by atoms with van der Waals surface area (Å²) < 4.78 is 6.10. The molecule has 2 atom stereocenters. The van der Waals surface area contributed by atoms with Gasteiger partial charge < -0.3 is 14.7 Å². The summed E-state index contributed by atoms with van der Waals surface area (Å²) in [5, 5.41) is 12.0. The fourth-order valence-corrected chi connectivity index (χ4v) is 4.99. The Morgan fingerprint density at radius 3 is 2.63 bits per heavy atom. The Morgan fingerprint density at radius 1 is 1.23 bits per heavy atom. The largest absolute Gasteiger partial charge is 0.491 e. The fraction of sp³-hybridized carbons (Fsp3) is 0.542. The minimum Gasteiger partial charge on any atom is -0.491 e. The van der Waals surface area contributed by atoms with Gasteiger partial charge in [0.05, 0.1) is 18.7 Å². The van der Waals surface area contributed by atoms with Crippen molar-refractivity contribution >= 4 is 17.2 Å². The molecule has 0 bridgehead atoms. The predicted octanol–water partition coefficient (Wildman–Crippen LogP) is 3.90. The summed E-state index contributed by atoms with van der Waals surface area (Å²) in [6, 6.07) is 10.1. The van der Waals surface area contributed by atoms with E-state index in [0.29, 0.717) is 32.2 Å². The second-order valence-electron chi connectivity index (χ2n) is 8.71. The van der Waals surface area contributed by atoms with Crippen molar-refractivity contribution in [2.75, 3.05) is 32.8 Å². The van der Waals surface area contributed by atoms with Gasteiger partial charge in [-0.3, -0.25) is 9.69 Å². The topological polar surface area (TPSA) is 53.0 Å². The van der Waals surface area contributed by atoms with Crippen LogP contribution in [0.5, 0.6) is 5.75 Å². The van der Waals surface area contributed by atoms with E-state index in [9.17, 15) is 9.90 Å². The molecule has 1 aromatic carbocycles. The molecule has 0 radical (unpaired) electrons. The van der Waals surface area contributed by atoms with Crippen molar-refractivity contribution < 1.29 is 14.6 Å². The van der Waals surface area contributed by atoms with Gasteiger partial charge in [-0.2, -0.15) is 0 Å². The van der Waals surface area contributed by atoms with Crippen LogP contribution in [-0.4, -0.2) is 59.7 Å². The number of nitrogens with zero attached hydrogens (tertiary/aromatic N) is 2. The average molecular weight is 431 g/mol. The summed E-state index contributed by atoms with van der Waals surface area (Å²) in [7, 11) is 0. The van der Waals surface area contributed by atoms with Gasteiger partial charge in [0.25, 0.3) is 0 Å². The van der Waals surface area contributed by atoms with E-state index in [1.807, 2.05) is 29.2 Å². The van der Waals surface area contributed by atoms with E-state index < -0.39 is 6.10 Å². The fourth-order valence-electron chi connectivity index (χ4n) is 4.06. The van der Waals surface area contributed by atoms with Crippen LogP contribution in [0.25, 0.3) is 0 Å². The minimum absolute atomic E-state index is 0.0822. The molecule has 1 amide bonds. The lowest BCUT2D eigenvalue weighted by Gasteiger charge is -2.37. The Morgan fingerprint density at radius 2 is 1.97 bits per heavy atom. The van der Waals surface area contributed by atoms with E-state index in [4.69, 9.17) is 4.74 Å². The van der Waals surface area contributed by atoms with Gasteiger partial charge in [0.15, 0.2) is 0 Å². The van der Waals surface area contributed by atoms with E-state index in [-0.39, 0.29) is 11.9 Å². The van der Waals surface area contributed by atoms with Crippen LogP contribution in [0.15, 0.2) is 35.7 Å². The summed E-state index contributed by atoms with van der Waals surface area (Å²) in [4.78, 5) is 18.7. The third-order valence-electron chi connectivity index (χ3n) is 5.35. The van der Waals surface area contributed by atoms with Crippen LogP contribution in [0.2, 0.25) is 0 Å². The van der Waals surface area contributed by atoms with Crippen molar-refractivity contribution in [1.29, 1.82) is 0 Å². The molecule has 30 heavy (non-hydrogen) atoms. The Labute approximate surface area is 184 Å². The molecular weight excluding hydrogens is 396 g/mol. The first-order valence-corrected chi connectivity index (χ1v) is 11.7. The van der Waals surface area contributed by atoms with Crippen LogP contribution in [0.4, 0.5) is 0 Å². The number of carbonyl (C=O) groups is 1. The van der Waals surface area contributed by atoms with Crippen molar-refractivity contribution in [2.45, 2.75) is 46.3 Å². The van der Waals surface area contributed by atoms with Gasteiger partial charge in [-0.25, -0.2) is 0 Å². The smallest absolute Gasteiger partial charge is 0.237 e. The summed E-state index contributed by atoms with van der Waals surface area (Å²) in [6.45, 7) is 10.9. The molecule has 0 saturated heterocycles. The van der Waals surface area contributed by atoms with Crippen LogP contribution < -0.4 is 4.74 Å². The van der Waals surface area contributed by atoms with Gasteiger partial charge in [-0.1, -0.05) is 31.5 Å². The number of benzene rings is 1. The van der Waals surface area contributed by atoms with Crippen LogP contribution >= 0.6 is 11.3 Å².